The van der Waals surface area contributed by atoms with Gasteiger partial charge in [-0.15, -0.1) is 0 Å². The van der Waals surface area contributed by atoms with E-state index in [1.165, 1.54) is 25.7 Å². The molecular weight excluding hydrogens is 395 g/mol. The van der Waals surface area contributed by atoms with Gasteiger partial charge in [0, 0.05) is 33.1 Å². The van der Waals surface area contributed by atoms with Crippen molar-refractivity contribution in [2.24, 2.45) is 7.05 Å². The summed E-state index contributed by atoms with van der Waals surface area (Å²) in [7, 11) is 2.18. The molecule has 0 amide bonds. The Labute approximate surface area is 141 Å². The molecule has 4 nitrogen and oxygen atoms in total. The largest absolute Gasteiger partial charge is 0.347 e. The Balaban J connectivity index is 1.84. The lowest BCUT2D eigenvalue weighted by atomic mass is 9.86. The van der Waals surface area contributed by atoms with E-state index in [0.29, 0.717) is 10.7 Å². The van der Waals surface area contributed by atoms with E-state index in [1.54, 1.807) is 0 Å². The van der Waals surface area contributed by atoms with E-state index in [-0.39, 0.29) is 0 Å². The lowest BCUT2D eigenvalue weighted by Crippen LogP contribution is -2.15. The zero-order valence-corrected chi connectivity index (χ0v) is 14.6. The van der Waals surface area contributed by atoms with Gasteiger partial charge in [-0.25, -0.2) is 4.98 Å². The van der Waals surface area contributed by atoms with Crippen LogP contribution >= 0.6 is 34.8 Å². The van der Waals surface area contributed by atoms with Crippen LogP contribution in [-0.4, -0.2) is 19.7 Å². The number of hydrogen-bond acceptors (Lipinski definition) is 2. The van der Waals surface area contributed by atoms with Gasteiger partial charge in [0.15, 0.2) is 0 Å². The predicted molar refractivity (Wildman–Crippen MR) is 94.2 cm³/mol. The first kappa shape index (κ1) is 13.5. The molecule has 0 bridgehead atoms. The Morgan fingerprint density at radius 2 is 2.24 bits per heavy atom. The van der Waals surface area contributed by atoms with Crippen LogP contribution in [0.25, 0.3) is 10.9 Å². The third kappa shape index (κ3) is 2.15. The molecule has 0 radical (unpaired) electrons. The topological polar surface area (TPSA) is 49.4 Å². The number of aromatic amines is 2. The van der Waals surface area contributed by atoms with Crippen molar-refractivity contribution in [1.82, 2.24) is 19.7 Å². The van der Waals surface area contributed by atoms with E-state index in [4.69, 9.17) is 12.2 Å². The van der Waals surface area contributed by atoms with Crippen molar-refractivity contribution in [2.75, 3.05) is 0 Å². The van der Waals surface area contributed by atoms with Crippen molar-refractivity contribution >= 4 is 45.7 Å². The molecule has 21 heavy (non-hydrogen) atoms. The minimum absolute atomic E-state index is 0.425. The van der Waals surface area contributed by atoms with E-state index in [9.17, 15) is 0 Å². The molecule has 2 N–H and O–H groups in total. The van der Waals surface area contributed by atoms with E-state index < -0.39 is 0 Å². The Morgan fingerprint density at radius 3 is 3.00 bits per heavy atom. The summed E-state index contributed by atoms with van der Waals surface area (Å²) in [6.07, 6.45) is 3.24. The van der Waals surface area contributed by atoms with Gasteiger partial charge in [0.25, 0.3) is 0 Å². The summed E-state index contributed by atoms with van der Waals surface area (Å²) in [5.74, 6) is 1.42. The maximum atomic E-state index is 5.08. The number of nitrogens with zero attached hydrogens (tertiary/aromatic N) is 2. The Bertz CT molecular complexity index is 889. The highest BCUT2D eigenvalue weighted by Crippen LogP contribution is 2.37. The molecule has 1 unspecified atom stereocenters. The van der Waals surface area contributed by atoms with Gasteiger partial charge in [0.2, 0.25) is 4.77 Å². The SMILES string of the molecule is Cn1c2c(c3cc(I)ccc31)CC(c1nc(=S)[nH][nH]1)CC2. The lowest BCUT2D eigenvalue weighted by Gasteiger charge is -2.21. The molecule has 3 aromatic rings. The quantitative estimate of drug-likeness (QED) is 0.473. The Hall–Kier alpha value is -1.15. The second-order valence-corrected chi connectivity index (χ2v) is 7.27. The standard InChI is InChI=1S/C15H15IN4S/c1-20-12-4-2-8(14-17-15(21)19-18-14)6-10(12)11-7-9(16)3-5-13(11)20/h3,5,7-8H,2,4,6H2,1H3,(H2,17,18,19,21). The van der Waals surface area contributed by atoms with Crippen LogP contribution in [0.5, 0.6) is 0 Å². The van der Waals surface area contributed by atoms with E-state index in [1.807, 2.05) is 0 Å². The van der Waals surface area contributed by atoms with Gasteiger partial charge in [-0.2, -0.15) is 0 Å². The summed E-state index contributed by atoms with van der Waals surface area (Å²) in [6.45, 7) is 0. The summed E-state index contributed by atoms with van der Waals surface area (Å²) in [5, 5.41) is 7.42. The first-order valence-corrected chi connectivity index (χ1v) is 8.52. The molecule has 4 rings (SSSR count). The van der Waals surface area contributed by atoms with Gasteiger partial charge in [0.05, 0.1) is 0 Å². The summed E-state index contributed by atoms with van der Waals surface area (Å²) in [4.78, 5) is 4.41. The van der Waals surface area contributed by atoms with Gasteiger partial charge in [-0.1, -0.05) is 0 Å². The first-order valence-electron chi connectivity index (χ1n) is 7.04. The predicted octanol–water partition coefficient (Wildman–Crippen LogP) is 3.84. The van der Waals surface area contributed by atoms with Gasteiger partial charge < -0.3 is 4.57 Å². The Morgan fingerprint density at radius 1 is 1.38 bits per heavy atom. The van der Waals surface area contributed by atoms with Crippen molar-refractivity contribution in [1.29, 1.82) is 0 Å². The van der Waals surface area contributed by atoms with Gasteiger partial charge >= 0.3 is 0 Å². The average molecular weight is 410 g/mol. The molecule has 0 spiro atoms. The molecule has 6 heteroatoms. The monoisotopic (exact) mass is 410 g/mol. The van der Waals surface area contributed by atoms with Crippen LogP contribution in [0.1, 0.15) is 29.4 Å². The van der Waals surface area contributed by atoms with Crippen LogP contribution in [0, 0.1) is 8.34 Å². The zero-order chi connectivity index (χ0) is 14.6. The summed E-state index contributed by atoms with van der Waals surface area (Å²) in [6, 6.07) is 6.70. The molecule has 0 saturated heterocycles. The fraction of sp³-hybridized carbons (Fsp3) is 0.333. The number of halogens is 1. The number of H-pyrrole nitrogens is 2. The normalized spacial score (nSPS) is 18.1. The fourth-order valence-corrected chi connectivity index (χ4v) is 4.10. The fourth-order valence-electron chi connectivity index (χ4n) is 3.46. The Kier molecular flexibility index (Phi) is 3.18. The van der Waals surface area contributed by atoms with Crippen LogP contribution in [0.3, 0.4) is 0 Å². The van der Waals surface area contributed by atoms with Crippen molar-refractivity contribution in [3.63, 3.8) is 0 Å². The van der Waals surface area contributed by atoms with Gasteiger partial charge in [-0.05, 0) is 77.8 Å². The molecule has 1 atom stereocenters. The number of rotatable bonds is 1. The van der Waals surface area contributed by atoms with Crippen molar-refractivity contribution in [3.05, 3.63) is 43.6 Å². The summed E-state index contributed by atoms with van der Waals surface area (Å²) in [5.41, 5.74) is 4.28. The lowest BCUT2D eigenvalue weighted by molar-refractivity contribution is 0.544. The highest BCUT2D eigenvalue weighted by Gasteiger charge is 2.26. The average Bonchev–Trinajstić information content (AvgIpc) is 3.02. The third-order valence-electron chi connectivity index (χ3n) is 4.48. The first-order chi connectivity index (χ1) is 10.1. The molecular formula is C15H15IN4S. The molecule has 2 aromatic heterocycles. The minimum Gasteiger partial charge on any atom is -0.347 e. The molecule has 1 aliphatic carbocycles. The number of aromatic nitrogens is 4. The van der Waals surface area contributed by atoms with Gasteiger partial charge in [-0.3, -0.25) is 10.2 Å². The second-order valence-electron chi connectivity index (χ2n) is 5.64. The molecule has 0 aliphatic heterocycles. The molecule has 0 saturated carbocycles. The number of aryl methyl sites for hydroxylation is 1. The summed E-state index contributed by atoms with van der Waals surface area (Å²) < 4.78 is 4.18. The van der Waals surface area contributed by atoms with Crippen LogP contribution < -0.4 is 0 Å². The number of nitrogens with one attached hydrogen (secondary N) is 2. The maximum Gasteiger partial charge on any atom is 0.213 e. The van der Waals surface area contributed by atoms with Gasteiger partial charge in [0.1, 0.15) is 5.82 Å². The summed E-state index contributed by atoms with van der Waals surface area (Å²) >= 11 is 7.46. The molecule has 1 aliphatic rings. The zero-order valence-electron chi connectivity index (χ0n) is 11.6. The minimum atomic E-state index is 0.425. The van der Waals surface area contributed by atoms with E-state index >= 15 is 0 Å². The van der Waals surface area contributed by atoms with Crippen LogP contribution in [0.4, 0.5) is 0 Å². The van der Waals surface area contributed by atoms with Crippen LogP contribution in [-0.2, 0) is 19.9 Å². The maximum absolute atomic E-state index is 5.08. The van der Waals surface area contributed by atoms with E-state index in [2.05, 4.69) is 67.6 Å². The van der Waals surface area contributed by atoms with Crippen molar-refractivity contribution in [2.45, 2.75) is 25.2 Å². The number of fused-ring (bicyclic) bond motifs is 3. The molecule has 2 heterocycles. The molecule has 1 aromatic carbocycles. The highest BCUT2D eigenvalue weighted by molar-refractivity contribution is 14.1. The smallest absolute Gasteiger partial charge is 0.213 e. The van der Waals surface area contributed by atoms with Crippen molar-refractivity contribution in [3.8, 4) is 0 Å². The second kappa shape index (κ2) is 4.95. The number of hydrogen-bond donors (Lipinski definition) is 2. The van der Waals surface area contributed by atoms with E-state index in [0.717, 1.165) is 25.1 Å². The molecule has 108 valence electrons. The van der Waals surface area contributed by atoms with Crippen LogP contribution in [0.2, 0.25) is 0 Å². The molecule has 0 fully saturated rings. The van der Waals surface area contributed by atoms with Crippen molar-refractivity contribution < 1.29 is 0 Å². The highest BCUT2D eigenvalue weighted by atomic mass is 127. The number of benzene rings is 1. The van der Waals surface area contributed by atoms with Crippen LogP contribution in [0.15, 0.2) is 18.2 Å². The third-order valence-corrected chi connectivity index (χ3v) is 5.35.